The summed E-state index contributed by atoms with van der Waals surface area (Å²) in [5, 5.41) is 4.19. The molecule has 0 saturated heterocycles. The number of nitrogens with zero attached hydrogens (tertiary/aromatic N) is 1. The zero-order chi connectivity index (χ0) is 15.1. The van der Waals surface area contributed by atoms with Crippen molar-refractivity contribution in [3.63, 3.8) is 0 Å². The van der Waals surface area contributed by atoms with Gasteiger partial charge in [0.1, 0.15) is 0 Å². The summed E-state index contributed by atoms with van der Waals surface area (Å²) in [7, 11) is 4.74. The van der Waals surface area contributed by atoms with Gasteiger partial charge in [-0.05, 0) is 24.3 Å². The topological polar surface area (TPSA) is 52.1 Å². The van der Waals surface area contributed by atoms with Crippen LogP contribution in [0, 0.1) is 0 Å². The molecule has 0 amide bonds. The Morgan fingerprint density at radius 2 is 1.52 bits per heavy atom. The highest BCUT2D eigenvalue weighted by Gasteiger charge is 2.12. The van der Waals surface area contributed by atoms with E-state index in [2.05, 4.69) is 10.5 Å². The Morgan fingerprint density at radius 1 is 0.905 bits per heavy atom. The summed E-state index contributed by atoms with van der Waals surface area (Å²) in [6.45, 7) is 0. The van der Waals surface area contributed by atoms with Gasteiger partial charge in [-0.1, -0.05) is 18.2 Å². The van der Waals surface area contributed by atoms with Gasteiger partial charge in [-0.15, -0.1) is 0 Å². The molecule has 21 heavy (non-hydrogen) atoms. The molecule has 110 valence electrons. The normalized spacial score (nSPS) is 10.4. The maximum atomic E-state index is 5.30. The van der Waals surface area contributed by atoms with Crippen molar-refractivity contribution in [2.75, 3.05) is 26.8 Å². The lowest BCUT2D eigenvalue weighted by Crippen LogP contribution is -1.97. The maximum absolute atomic E-state index is 5.30. The van der Waals surface area contributed by atoms with E-state index in [0.717, 1.165) is 11.3 Å². The van der Waals surface area contributed by atoms with Gasteiger partial charge in [0.25, 0.3) is 0 Å². The lowest BCUT2D eigenvalue weighted by molar-refractivity contribution is 0.324. The van der Waals surface area contributed by atoms with E-state index in [-0.39, 0.29) is 0 Å². The number of rotatable bonds is 6. The van der Waals surface area contributed by atoms with Crippen LogP contribution in [0.5, 0.6) is 17.2 Å². The lowest BCUT2D eigenvalue weighted by Gasteiger charge is -2.12. The predicted molar refractivity (Wildman–Crippen MR) is 83.8 cm³/mol. The zero-order valence-corrected chi connectivity index (χ0v) is 12.3. The zero-order valence-electron chi connectivity index (χ0n) is 12.3. The Kier molecular flexibility index (Phi) is 5.04. The van der Waals surface area contributed by atoms with E-state index in [9.17, 15) is 0 Å². The minimum atomic E-state index is 0.563. The fourth-order valence-electron chi connectivity index (χ4n) is 1.87. The molecule has 0 aliphatic heterocycles. The Morgan fingerprint density at radius 3 is 2.05 bits per heavy atom. The molecule has 0 bridgehead atoms. The molecule has 2 aromatic carbocycles. The Labute approximate surface area is 124 Å². The van der Waals surface area contributed by atoms with Crippen molar-refractivity contribution in [3.8, 4) is 17.2 Å². The van der Waals surface area contributed by atoms with Crippen LogP contribution < -0.4 is 19.6 Å². The second-order valence-electron chi connectivity index (χ2n) is 4.19. The first-order valence-corrected chi connectivity index (χ1v) is 6.42. The summed E-state index contributed by atoms with van der Waals surface area (Å²) >= 11 is 0. The van der Waals surface area contributed by atoms with Gasteiger partial charge in [-0.3, -0.25) is 5.43 Å². The van der Waals surface area contributed by atoms with Gasteiger partial charge < -0.3 is 14.2 Å². The maximum Gasteiger partial charge on any atom is 0.203 e. The third kappa shape index (κ3) is 3.66. The Balaban J connectivity index is 2.20. The molecule has 0 heterocycles. The molecule has 1 N–H and O–H groups in total. The molecule has 0 atom stereocenters. The number of methoxy groups -OCH3 is 3. The van der Waals surface area contributed by atoms with E-state index in [0.29, 0.717) is 17.2 Å². The summed E-state index contributed by atoms with van der Waals surface area (Å²) in [5.74, 6) is 1.75. The SMILES string of the molecule is COc1cc(/C=N/Nc2ccccc2)cc(OC)c1OC. The first-order valence-electron chi connectivity index (χ1n) is 6.42. The number of nitrogens with one attached hydrogen (secondary N) is 1. The fourth-order valence-corrected chi connectivity index (χ4v) is 1.87. The molecule has 0 radical (unpaired) electrons. The van der Waals surface area contributed by atoms with E-state index < -0.39 is 0 Å². The molecule has 0 unspecified atom stereocenters. The molecule has 0 spiro atoms. The first kappa shape index (κ1) is 14.7. The van der Waals surface area contributed by atoms with Crippen LogP contribution in [0.3, 0.4) is 0 Å². The standard InChI is InChI=1S/C16H18N2O3/c1-19-14-9-12(10-15(20-2)16(14)21-3)11-17-18-13-7-5-4-6-8-13/h4-11,18H,1-3H3/b17-11+. The van der Waals surface area contributed by atoms with Gasteiger partial charge in [0.2, 0.25) is 5.75 Å². The average molecular weight is 286 g/mol. The van der Waals surface area contributed by atoms with Crippen molar-refractivity contribution in [2.24, 2.45) is 5.10 Å². The second-order valence-corrected chi connectivity index (χ2v) is 4.19. The molecule has 5 heteroatoms. The minimum Gasteiger partial charge on any atom is -0.493 e. The van der Waals surface area contributed by atoms with Gasteiger partial charge in [-0.2, -0.15) is 5.10 Å². The van der Waals surface area contributed by atoms with Crippen molar-refractivity contribution in [2.45, 2.75) is 0 Å². The van der Waals surface area contributed by atoms with Crippen molar-refractivity contribution in [1.29, 1.82) is 0 Å². The third-order valence-corrected chi connectivity index (χ3v) is 2.87. The van der Waals surface area contributed by atoms with Gasteiger partial charge >= 0.3 is 0 Å². The molecule has 0 saturated carbocycles. The largest absolute Gasteiger partial charge is 0.493 e. The quantitative estimate of drug-likeness (QED) is 0.654. The van der Waals surface area contributed by atoms with E-state index in [1.807, 2.05) is 42.5 Å². The van der Waals surface area contributed by atoms with Crippen molar-refractivity contribution < 1.29 is 14.2 Å². The average Bonchev–Trinajstić information content (AvgIpc) is 2.54. The summed E-state index contributed by atoms with van der Waals surface area (Å²) in [6, 6.07) is 13.4. The lowest BCUT2D eigenvalue weighted by atomic mass is 10.2. The molecule has 0 fully saturated rings. The summed E-state index contributed by atoms with van der Waals surface area (Å²) in [6.07, 6.45) is 1.69. The van der Waals surface area contributed by atoms with Crippen LogP contribution >= 0.6 is 0 Å². The smallest absolute Gasteiger partial charge is 0.203 e. The summed E-state index contributed by atoms with van der Waals surface area (Å²) < 4.78 is 15.9. The van der Waals surface area contributed by atoms with Crippen LogP contribution in [0.2, 0.25) is 0 Å². The molecule has 0 aromatic heterocycles. The van der Waals surface area contributed by atoms with Crippen molar-refractivity contribution in [3.05, 3.63) is 48.0 Å². The number of ether oxygens (including phenoxy) is 3. The fraction of sp³-hybridized carbons (Fsp3) is 0.188. The van der Waals surface area contributed by atoms with Crippen LogP contribution in [0.1, 0.15) is 5.56 Å². The molecular weight excluding hydrogens is 268 g/mol. The summed E-state index contributed by atoms with van der Waals surface area (Å²) in [4.78, 5) is 0. The highest BCUT2D eigenvalue weighted by molar-refractivity contribution is 5.83. The first-order chi connectivity index (χ1) is 10.3. The van der Waals surface area contributed by atoms with Gasteiger partial charge in [0.15, 0.2) is 11.5 Å². The third-order valence-electron chi connectivity index (χ3n) is 2.87. The number of hydrazone groups is 1. The second kappa shape index (κ2) is 7.19. The molecule has 2 rings (SSSR count). The number of benzene rings is 2. The molecule has 2 aromatic rings. The van der Waals surface area contributed by atoms with Gasteiger partial charge in [0, 0.05) is 5.56 Å². The van der Waals surface area contributed by atoms with Crippen LogP contribution in [0.4, 0.5) is 5.69 Å². The molecular formula is C16H18N2O3. The van der Waals surface area contributed by atoms with Gasteiger partial charge in [-0.25, -0.2) is 0 Å². The van der Waals surface area contributed by atoms with E-state index in [1.54, 1.807) is 27.5 Å². The predicted octanol–water partition coefficient (Wildman–Crippen LogP) is 3.16. The van der Waals surface area contributed by atoms with Crippen LogP contribution in [0.15, 0.2) is 47.6 Å². The van der Waals surface area contributed by atoms with E-state index >= 15 is 0 Å². The minimum absolute atomic E-state index is 0.563. The number of hydrogen-bond acceptors (Lipinski definition) is 5. The molecule has 0 aliphatic carbocycles. The van der Waals surface area contributed by atoms with E-state index in [1.165, 1.54) is 0 Å². The highest BCUT2D eigenvalue weighted by atomic mass is 16.5. The van der Waals surface area contributed by atoms with Crippen LogP contribution in [0.25, 0.3) is 0 Å². The molecule has 5 nitrogen and oxygen atoms in total. The van der Waals surface area contributed by atoms with Crippen LogP contribution in [-0.4, -0.2) is 27.5 Å². The summed E-state index contributed by atoms with van der Waals surface area (Å²) in [5.41, 5.74) is 4.71. The van der Waals surface area contributed by atoms with Crippen LogP contribution in [-0.2, 0) is 0 Å². The van der Waals surface area contributed by atoms with Crippen molar-refractivity contribution >= 4 is 11.9 Å². The van der Waals surface area contributed by atoms with Crippen molar-refractivity contribution in [1.82, 2.24) is 0 Å². The molecule has 0 aliphatic rings. The highest BCUT2D eigenvalue weighted by Crippen LogP contribution is 2.37. The van der Waals surface area contributed by atoms with E-state index in [4.69, 9.17) is 14.2 Å². The number of anilines is 1. The van der Waals surface area contributed by atoms with Gasteiger partial charge in [0.05, 0.1) is 33.2 Å². The Bertz CT molecular complexity index is 587. The Hall–Kier alpha value is -2.69. The number of para-hydroxylation sites is 1. The monoisotopic (exact) mass is 286 g/mol. The number of hydrogen-bond donors (Lipinski definition) is 1.